The molecule has 1 aliphatic carbocycles. The maximum Gasteiger partial charge on any atom is 0.244 e. The molecule has 2 heterocycles. The molecule has 0 saturated heterocycles. The summed E-state index contributed by atoms with van der Waals surface area (Å²) in [4.78, 5) is 16.0. The normalized spacial score (nSPS) is 13.6. The lowest BCUT2D eigenvalue weighted by atomic mass is 10.2. The summed E-state index contributed by atoms with van der Waals surface area (Å²) < 4.78 is 22.2. The zero-order valence-corrected chi connectivity index (χ0v) is 16.2. The molecule has 0 unspecified atom stereocenters. The van der Waals surface area contributed by atoms with Crippen molar-refractivity contribution in [2.45, 2.75) is 25.4 Å². The van der Waals surface area contributed by atoms with E-state index in [9.17, 15) is 9.18 Å². The van der Waals surface area contributed by atoms with Crippen molar-refractivity contribution in [2.24, 2.45) is 0 Å². The van der Waals surface area contributed by atoms with Gasteiger partial charge in [0, 0.05) is 18.3 Å². The van der Waals surface area contributed by atoms with Crippen molar-refractivity contribution in [3.05, 3.63) is 70.8 Å². The third-order valence-corrected chi connectivity index (χ3v) is 4.64. The van der Waals surface area contributed by atoms with Gasteiger partial charge in [-0.3, -0.25) is 19.4 Å². The minimum atomic E-state index is -0.531. The number of amides is 1. The summed E-state index contributed by atoms with van der Waals surface area (Å²) in [6, 6.07) is 8.23. The molecule has 1 saturated carbocycles. The zero-order chi connectivity index (χ0) is 20.2. The minimum absolute atomic E-state index is 0.0856. The predicted molar refractivity (Wildman–Crippen MR) is 107 cm³/mol. The van der Waals surface area contributed by atoms with E-state index in [0.717, 1.165) is 12.8 Å². The van der Waals surface area contributed by atoms with E-state index in [0.29, 0.717) is 28.0 Å². The number of halogens is 1. The first-order valence-corrected chi connectivity index (χ1v) is 9.50. The van der Waals surface area contributed by atoms with E-state index in [1.54, 1.807) is 24.4 Å². The van der Waals surface area contributed by atoms with Crippen molar-refractivity contribution in [1.82, 2.24) is 25.1 Å². The zero-order valence-electron chi connectivity index (χ0n) is 15.3. The summed E-state index contributed by atoms with van der Waals surface area (Å²) in [6.07, 6.45) is 8.12. The van der Waals surface area contributed by atoms with Gasteiger partial charge in [0.25, 0.3) is 0 Å². The number of hydrogen-bond donors (Lipinski definition) is 2. The molecule has 0 spiro atoms. The molecule has 1 aliphatic rings. The van der Waals surface area contributed by atoms with Gasteiger partial charge < -0.3 is 10.1 Å². The Hall–Kier alpha value is -3.33. The number of nitrogens with zero attached hydrogens (tertiary/aromatic N) is 3. The Balaban J connectivity index is 1.35. The number of rotatable bonds is 7. The molecule has 1 fully saturated rings. The van der Waals surface area contributed by atoms with Crippen LogP contribution in [0.4, 0.5) is 4.39 Å². The van der Waals surface area contributed by atoms with Gasteiger partial charge in [0.2, 0.25) is 5.91 Å². The van der Waals surface area contributed by atoms with Crippen LogP contribution >= 0.6 is 12.2 Å². The first-order valence-electron chi connectivity index (χ1n) is 9.09. The highest BCUT2D eigenvalue weighted by Crippen LogP contribution is 2.35. The van der Waals surface area contributed by atoms with Gasteiger partial charge in [-0.1, -0.05) is 6.07 Å². The van der Waals surface area contributed by atoms with Crippen LogP contribution in [0, 0.1) is 10.6 Å². The number of hydrogen-bond acceptors (Lipinski definition) is 5. The van der Waals surface area contributed by atoms with Crippen LogP contribution in [0.2, 0.25) is 0 Å². The van der Waals surface area contributed by atoms with Crippen LogP contribution in [0.15, 0.2) is 48.8 Å². The second-order valence-corrected chi connectivity index (χ2v) is 6.96. The largest absolute Gasteiger partial charge is 0.453 e. The molecule has 2 aromatic heterocycles. The summed E-state index contributed by atoms with van der Waals surface area (Å²) in [5, 5.41) is 9.68. The highest BCUT2D eigenvalue weighted by molar-refractivity contribution is 7.71. The number of H-pyrrole nitrogens is 1. The summed E-state index contributed by atoms with van der Waals surface area (Å²) in [7, 11) is 0. The SMILES string of the molecule is O=C(/C=C/c1ccc(Oc2cccnc2)c(F)c1)NCc1n[nH]c(=S)n1C1CC1. The molecule has 0 atom stereocenters. The van der Waals surface area contributed by atoms with Crippen LogP contribution in [0.1, 0.15) is 30.3 Å². The Morgan fingerprint density at radius 1 is 1.41 bits per heavy atom. The third kappa shape index (κ3) is 4.75. The summed E-state index contributed by atoms with van der Waals surface area (Å²) >= 11 is 5.22. The molecule has 7 nitrogen and oxygen atoms in total. The quantitative estimate of drug-likeness (QED) is 0.455. The molecule has 1 aromatic carbocycles. The number of aromatic nitrogens is 4. The molecule has 0 aliphatic heterocycles. The van der Waals surface area contributed by atoms with Gasteiger partial charge in [0.1, 0.15) is 5.75 Å². The van der Waals surface area contributed by atoms with E-state index in [1.165, 1.54) is 30.5 Å². The fraction of sp³-hybridized carbons (Fsp3) is 0.200. The number of carbonyl (C=O) groups is 1. The molecule has 2 N–H and O–H groups in total. The second-order valence-electron chi connectivity index (χ2n) is 6.58. The summed E-state index contributed by atoms with van der Waals surface area (Å²) in [5.74, 6) is 0.386. The molecule has 1 amide bonds. The number of ether oxygens (including phenoxy) is 1. The van der Waals surface area contributed by atoms with Crippen molar-refractivity contribution in [2.75, 3.05) is 0 Å². The van der Waals surface area contributed by atoms with E-state index >= 15 is 0 Å². The standard InChI is InChI=1S/C20H18FN5O2S/c21-16-10-13(3-7-17(16)28-15-2-1-9-22-11-15)4-8-19(27)23-12-18-24-25-20(29)26(18)14-5-6-14/h1-4,7-11,14H,5-6,12H2,(H,23,27)(H,25,29)/b8-4+. The van der Waals surface area contributed by atoms with Gasteiger partial charge >= 0.3 is 0 Å². The Morgan fingerprint density at radius 3 is 3.00 bits per heavy atom. The lowest BCUT2D eigenvalue weighted by Gasteiger charge is -2.07. The second kappa shape index (κ2) is 8.36. The van der Waals surface area contributed by atoms with Crippen molar-refractivity contribution in [3.63, 3.8) is 0 Å². The molecular weight excluding hydrogens is 393 g/mol. The minimum Gasteiger partial charge on any atom is -0.453 e. The van der Waals surface area contributed by atoms with Gasteiger partial charge in [-0.2, -0.15) is 5.10 Å². The van der Waals surface area contributed by atoms with Crippen molar-refractivity contribution in [3.8, 4) is 11.5 Å². The van der Waals surface area contributed by atoms with Gasteiger partial charge in [0.15, 0.2) is 22.2 Å². The third-order valence-electron chi connectivity index (χ3n) is 4.36. The monoisotopic (exact) mass is 411 g/mol. The number of carbonyl (C=O) groups excluding carboxylic acids is 1. The maximum absolute atomic E-state index is 14.3. The van der Waals surface area contributed by atoms with Crippen molar-refractivity contribution < 1.29 is 13.9 Å². The van der Waals surface area contributed by atoms with Gasteiger partial charge in [-0.05, 0) is 61.0 Å². The van der Waals surface area contributed by atoms with Crippen LogP contribution in [0.25, 0.3) is 6.08 Å². The molecule has 0 bridgehead atoms. The highest BCUT2D eigenvalue weighted by atomic mass is 32.1. The van der Waals surface area contributed by atoms with E-state index < -0.39 is 5.82 Å². The molecule has 9 heteroatoms. The summed E-state index contributed by atoms with van der Waals surface area (Å²) in [5.41, 5.74) is 0.539. The Morgan fingerprint density at radius 2 is 2.28 bits per heavy atom. The lowest BCUT2D eigenvalue weighted by molar-refractivity contribution is -0.116. The molecule has 29 heavy (non-hydrogen) atoms. The molecule has 148 valence electrons. The van der Waals surface area contributed by atoms with E-state index in [4.69, 9.17) is 17.0 Å². The summed E-state index contributed by atoms with van der Waals surface area (Å²) in [6.45, 7) is 0.263. The smallest absolute Gasteiger partial charge is 0.244 e. The van der Waals surface area contributed by atoms with Crippen molar-refractivity contribution in [1.29, 1.82) is 0 Å². The first-order chi connectivity index (χ1) is 14.1. The van der Waals surface area contributed by atoms with E-state index in [2.05, 4.69) is 20.5 Å². The molecule has 3 aromatic rings. The Labute approximate surface area is 171 Å². The van der Waals surface area contributed by atoms with Gasteiger partial charge in [-0.25, -0.2) is 4.39 Å². The van der Waals surface area contributed by atoms with Crippen LogP contribution in [0.3, 0.4) is 0 Å². The Bertz CT molecular complexity index is 1110. The van der Waals surface area contributed by atoms with Crippen LogP contribution in [-0.4, -0.2) is 25.7 Å². The van der Waals surface area contributed by atoms with E-state index in [-0.39, 0.29) is 18.2 Å². The molecule has 0 radical (unpaired) electrons. The van der Waals surface area contributed by atoms with Crippen LogP contribution in [-0.2, 0) is 11.3 Å². The predicted octanol–water partition coefficient (Wildman–Crippen LogP) is 3.93. The number of nitrogens with one attached hydrogen (secondary N) is 2. The average Bonchev–Trinajstić information content (AvgIpc) is 3.49. The van der Waals surface area contributed by atoms with Crippen LogP contribution in [0.5, 0.6) is 11.5 Å². The fourth-order valence-corrected chi connectivity index (χ4v) is 3.11. The van der Waals surface area contributed by atoms with Gasteiger partial charge in [0.05, 0.1) is 12.7 Å². The Kier molecular flexibility index (Phi) is 5.48. The number of benzene rings is 1. The first kappa shape index (κ1) is 19.0. The van der Waals surface area contributed by atoms with E-state index in [1.807, 2.05) is 4.57 Å². The highest BCUT2D eigenvalue weighted by Gasteiger charge is 2.27. The molecule has 4 rings (SSSR count). The van der Waals surface area contributed by atoms with Gasteiger partial charge in [-0.15, -0.1) is 0 Å². The fourth-order valence-electron chi connectivity index (χ4n) is 2.81. The number of aromatic amines is 1. The maximum atomic E-state index is 14.3. The lowest BCUT2D eigenvalue weighted by Crippen LogP contribution is -2.22. The van der Waals surface area contributed by atoms with Crippen molar-refractivity contribution >= 4 is 24.2 Å². The topological polar surface area (TPSA) is 84.8 Å². The number of pyridine rings is 1. The average molecular weight is 411 g/mol. The molecular formula is C20H18FN5O2S. The van der Waals surface area contributed by atoms with Crippen LogP contribution < -0.4 is 10.1 Å².